The Hall–Kier alpha value is -2.40. The van der Waals surface area contributed by atoms with Crippen molar-refractivity contribution in [2.45, 2.75) is 0 Å². The van der Waals surface area contributed by atoms with Gasteiger partial charge in [-0.3, -0.25) is 4.28 Å². The van der Waals surface area contributed by atoms with Crippen molar-refractivity contribution in [2.24, 2.45) is 5.16 Å². The molecule has 5 heteroatoms. The van der Waals surface area contributed by atoms with Gasteiger partial charge in [0.2, 0.25) is 0 Å². The van der Waals surface area contributed by atoms with Gasteiger partial charge < -0.3 is 0 Å². The second-order valence-corrected chi connectivity index (χ2v) is 5.93. The van der Waals surface area contributed by atoms with Gasteiger partial charge >= 0.3 is 10.1 Å². The molecule has 0 bridgehead atoms. The molecule has 0 saturated carbocycles. The van der Waals surface area contributed by atoms with Gasteiger partial charge in [0.15, 0.2) is 0 Å². The van der Waals surface area contributed by atoms with Gasteiger partial charge in [0.25, 0.3) is 0 Å². The lowest BCUT2D eigenvalue weighted by molar-refractivity contribution is 0.343. The van der Waals surface area contributed by atoms with Crippen LogP contribution in [0.15, 0.2) is 66.3 Å². The zero-order valence-corrected chi connectivity index (χ0v) is 12.4. The molecule has 0 amide bonds. The molecule has 0 fully saturated rings. The smallest absolute Gasteiger partial charge is 0.268 e. The monoisotopic (exact) mass is 301 g/mol. The quantitative estimate of drug-likeness (QED) is 0.630. The van der Waals surface area contributed by atoms with Crippen molar-refractivity contribution < 1.29 is 12.7 Å². The zero-order valence-electron chi connectivity index (χ0n) is 11.6. The topological polar surface area (TPSA) is 55.7 Å². The average molecular weight is 301 g/mol. The lowest BCUT2D eigenvalue weighted by Crippen LogP contribution is -2.08. The number of oxime groups is 1. The average Bonchev–Trinajstić information content (AvgIpc) is 2.48. The summed E-state index contributed by atoms with van der Waals surface area (Å²) in [5.74, 6) is 0. The standard InChI is InChI=1S/C16H15NO3S/c1-3-13-9-7-8-12-15(13)16(17-20-21(2,18)19)14-10-5-4-6-11-14/h3-12H,1H2,2H3. The van der Waals surface area contributed by atoms with E-state index in [9.17, 15) is 8.42 Å². The Morgan fingerprint density at radius 2 is 1.71 bits per heavy atom. The molecule has 0 atom stereocenters. The second kappa shape index (κ2) is 6.37. The molecular weight excluding hydrogens is 286 g/mol. The van der Waals surface area contributed by atoms with Crippen molar-refractivity contribution in [3.05, 3.63) is 77.9 Å². The van der Waals surface area contributed by atoms with E-state index in [0.29, 0.717) is 5.71 Å². The third kappa shape index (κ3) is 4.03. The van der Waals surface area contributed by atoms with E-state index in [1.54, 1.807) is 6.08 Å². The Labute approximate surface area is 124 Å². The Balaban J connectivity index is 2.59. The highest BCUT2D eigenvalue weighted by Crippen LogP contribution is 2.17. The Bertz CT molecular complexity index is 765. The summed E-state index contributed by atoms with van der Waals surface area (Å²) in [5, 5.41) is 3.82. The van der Waals surface area contributed by atoms with E-state index in [4.69, 9.17) is 0 Å². The molecular formula is C16H15NO3S. The van der Waals surface area contributed by atoms with Crippen LogP contribution in [0, 0.1) is 0 Å². The molecule has 0 N–H and O–H groups in total. The van der Waals surface area contributed by atoms with Crippen LogP contribution < -0.4 is 0 Å². The molecule has 2 rings (SSSR count). The van der Waals surface area contributed by atoms with Crippen LogP contribution in [-0.4, -0.2) is 20.4 Å². The van der Waals surface area contributed by atoms with Crippen LogP contribution in [0.4, 0.5) is 0 Å². The summed E-state index contributed by atoms with van der Waals surface area (Å²) in [7, 11) is -3.67. The third-order valence-corrected chi connectivity index (χ3v) is 3.09. The van der Waals surface area contributed by atoms with Gasteiger partial charge in [0.1, 0.15) is 5.71 Å². The first-order chi connectivity index (χ1) is 10.0. The van der Waals surface area contributed by atoms with Crippen LogP contribution in [0.5, 0.6) is 0 Å². The van der Waals surface area contributed by atoms with Gasteiger partial charge in [-0.15, -0.1) is 0 Å². The summed E-state index contributed by atoms with van der Waals surface area (Å²) in [4.78, 5) is 0. The van der Waals surface area contributed by atoms with Gasteiger partial charge in [-0.25, -0.2) is 0 Å². The van der Waals surface area contributed by atoms with Crippen molar-refractivity contribution in [3.63, 3.8) is 0 Å². The number of benzene rings is 2. The molecule has 2 aromatic rings. The summed E-state index contributed by atoms with van der Waals surface area (Å²) >= 11 is 0. The number of hydrogen-bond donors (Lipinski definition) is 0. The molecule has 0 unspecified atom stereocenters. The summed E-state index contributed by atoms with van der Waals surface area (Å²) in [6, 6.07) is 16.7. The predicted octanol–water partition coefficient (Wildman–Crippen LogP) is 3.06. The Morgan fingerprint density at radius 1 is 1.10 bits per heavy atom. The highest BCUT2D eigenvalue weighted by molar-refractivity contribution is 7.85. The van der Waals surface area contributed by atoms with Crippen molar-refractivity contribution in [2.75, 3.05) is 6.26 Å². The van der Waals surface area contributed by atoms with Crippen molar-refractivity contribution >= 4 is 21.9 Å². The minimum atomic E-state index is -3.67. The molecule has 0 spiro atoms. The molecule has 21 heavy (non-hydrogen) atoms. The van der Waals surface area contributed by atoms with Gasteiger partial charge in [0, 0.05) is 11.1 Å². The van der Waals surface area contributed by atoms with Gasteiger partial charge in [-0.05, 0) is 5.56 Å². The molecule has 2 aromatic carbocycles. The van der Waals surface area contributed by atoms with Crippen molar-refractivity contribution in [1.82, 2.24) is 0 Å². The van der Waals surface area contributed by atoms with E-state index in [1.807, 2.05) is 54.6 Å². The minimum absolute atomic E-state index is 0.441. The lowest BCUT2D eigenvalue weighted by atomic mass is 9.98. The first kappa shape index (κ1) is 15.0. The largest absolute Gasteiger partial charge is 0.325 e. The SMILES string of the molecule is C=Cc1ccccc1C(=NOS(C)(=O)=O)c1ccccc1. The first-order valence-corrected chi connectivity index (χ1v) is 8.07. The maximum atomic E-state index is 11.2. The molecule has 0 radical (unpaired) electrons. The fourth-order valence-corrected chi connectivity index (χ4v) is 2.06. The fraction of sp³-hybridized carbons (Fsp3) is 0.0625. The molecule has 0 aliphatic heterocycles. The lowest BCUT2D eigenvalue weighted by Gasteiger charge is -2.09. The van der Waals surface area contributed by atoms with Crippen LogP contribution in [0.25, 0.3) is 6.08 Å². The van der Waals surface area contributed by atoms with Gasteiger partial charge in [-0.1, -0.05) is 72.4 Å². The Morgan fingerprint density at radius 3 is 2.33 bits per heavy atom. The van der Waals surface area contributed by atoms with E-state index in [2.05, 4.69) is 16.0 Å². The molecule has 0 aromatic heterocycles. The van der Waals surface area contributed by atoms with Crippen molar-refractivity contribution in [1.29, 1.82) is 0 Å². The van der Waals surface area contributed by atoms with Crippen molar-refractivity contribution in [3.8, 4) is 0 Å². The number of hydrogen-bond acceptors (Lipinski definition) is 4. The third-order valence-electron chi connectivity index (χ3n) is 2.75. The van der Waals surface area contributed by atoms with E-state index in [0.717, 1.165) is 22.9 Å². The predicted molar refractivity (Wildman–Crippen MR) is 84.5 cm³/mol. The summed E-state index contributed by atoms with van der Waals surface area (Å²) in [6.07, 6.45) is 2.65. The van der Waals surface area contributed by atoms with Gasteiger partial charge in [-0.2, -0.15) is 8.42 Å². The highest BCUT2D eigenvalue weighted by atomic mass is 32.2. The second-order valence-electron chi connectivity index (χ2n) is 4.38. The maximum Gasteiger partial charge on any atom is 0.325 e. The number of nitrogens with zero attached hydrogens (tertiary/aromatic N) is 1. The van der Waals surface area contributed by atoms with Gasteiger partial charge in [0.05, 0.1) is 6.26 Å². The molecule has 0 aliphatic carbocycles. The Kier molecular flexibility index (Phi) is 4.55. The molecule has 0 aliphatic rings. The summed E-state index contributed by atoms with van der Waals surface area (Å²) in [6.45, 7) is 3.76. The first-order valence-electron chi connectivity index (χ1n) is 6.25. The summed E-state index contributed by atoms with van der Waals surface area (Å²) < 4.78 is 27.0. The van der Waals surface area contributed by atoms with E-state index in [-0.39, 0.29) is 0 Å². The van der Waals surface area contributed by atoms with Crippen LogP contribution in [0.2, 0.25) is 0 Å². The molecule has 0 saturated heterocycles. The van der Waals surface area contributed by atoms with Crippen LogP contribution in [0.3, 0.4) is 0 Å². The van der Waals surface area contributed by atoms with Crippen LogP contribution in [0.1, 0.15) is 16.7 Å². The fourth-order valence-electron chi connectivity index (χ4n) is 1.85. The van der Waals surface area contributed by atoms with E-state index in [1.165, 1.54) is 0 Å². The molecule has 4 nitrogen and oxygen atoms in total. The zero-order chi connectivity index (χ0) is 15.3. The normalized spacial score (nSPS) is 12.0. The summed E-state index contributed by atoms with van der Waals surface area (Å²) in [5.41, 5.74) is 2.80. The minimum Gasteiger partial charge on any atom is -0.268 e. The van der Waals surface area contributed by atoms with E-state index >= 15 is 0 Å². The maximum absolute atomic E-state index is 11.2. The molecule has 108 valence electrons. The van der Waals surface area contributed by atoms with Crippen LogP contribution in [-0.2, 0) is 14.4 Å². The van der Waals surface area contributed by atoms with Crippen LogP contribution >= 0.6 is 0 Å². The van der Waals surface area contributed by atoms with E-state index < -0.39 is 10.1 Å². The number of rotatable bonds is 5. The molecule has 0 heterocycles. The highest BCUT2D eigenvalue weighted by Gasteiger charge is 2.12.